The highest BCUT2D eigenvalue weighted by Gasteiger charge is 2.07. The summed E-state index contributed by atoms with van der Waals surface area (Å²) in [5.74, 6) is 0. The Hall–Kier alpha value is -1.11. The number of aromatic amines is 1. The summed E-state index contributed by atoms with van der Waals surface area (Å²) in [6.07, 6.45) is 1.49. The highest BCUT2D eigenvalue weighted by atomic mass is 79.9. The third kappa shape index (κ3) is 3.22. The number of hydrogen-bond donors (Lipinski definition) is 2. The van der Waals surface area contributed by atoms with E-state index in [9.17, 15) is 4.79 Å². The molecule has 1 heterocycles. The maximum Gasteiger partial charge on any atom is 0.251 e. The summed E-state index contributed by atoms with van der Waals surface area (Å²) in [4.78, 5) is 18.9. The van der Waals surface area contributed by atoms with Crippen LogP contribution in [0.5, 0.6) is 0 Å². The van der Waals surface area contributed by atoms with Gasteiger partial charge in [0.25, 0.3) is 5.56 Å². The molecule has 0 aliphatic carbocycles. The Bertz CT molecular complexity index is 612. The lowest BCUT2D eigenvalue weighted by Crippen LogP contribution is -2.06. The van der Waals surface area contributed by atoms with Crippen molar-refractivity contribution in [2.75, 3.05) is 0 Å². The van der Waals surface area contributed by atoms with Crippen LogP contribution in [0.15, 0.2) is 49.8 Å². The van der Waals surface area contributed by atoms with E-state index < -0.39 is 0 Å². The van der Waals surface area contributed by atoms with Gasteiger partial charge in [0.2, 0.25) is 0 Å². The summed E-state index contributed by atoms with van der Waals surface area (Å²) in [6, 6.07) is 7.27. The molecule has 0 spiro atoms. The van der Waals surface area contributed by atoms with Gasteiger partial charge in [-0.15, -0.1) is 0 Å². The van der Waals surface area contributed by atoms with Gasteiger partial charge in [0.05, 0.1) is 0 Å². The van der Waals surface area contributed by atoms with Gasteiger partial charge in [-0.3, -0.25) is 4.79 Å². The Labute approximate surface area is 117 Å². The van der Waals surface area contributed by atoms with Crippen molar-refractivity contribution >= 4 is 27.7 Å². The summed E-state index contributed by atoms with van der Waals surface area (Å²) in [5.41, 5.74) is 6.74. The molecule has 3 N–H and O–H groups in total. The van der Waals surface area contributed by atoms with Crippen molar-refractivity contribution in [2.45, 2.75) is 23.0 Å². The lowest BCUT2D eigenvalue weighted by Gasteiger charge is -2.09. The summed E-state index contributed by atoms with van der Waals surface area (Å²) >= 11 is 4.89. The topological polar surface area (TPSA) is 71.8 Å². The van der Waals surface area contributed by atoms with Crippen LogP contribution in [-0.2, 0) is 0 Å². The molecule has 0 saturated carbocycles. The molecule has 0 aliphatic rings. The largest absolute Gasteiger partial charge is 0.324 e. The van der Waals surface area contributed by atoms with E-state index in [1.54, 1.807) is 0 Å². The van der Waals surface area contributed by atoms with E-state index in [4.69, 9.17) is 5.73 Å². The van der Waals surface area contributed by atoms with Crippen molar-refractivity contribution < 1.29 is 0 Å². The predicted octanol–water partition coefficient (Wildman–Crippen LogP) is 2.70. The van der Waals surface area contributed by atoms with Crippen LogP contribution in [0.25, 0.3) is 0 Å². The monoisotopic (exact) mass is 325 g/mol. The molecule has 0 unspecified atom stereocenters. The average Bonchev–Trinajstić information content (AvgIpc) is 2.28. The molecule has 0 saturated heterocycles. The first-order valence-electron chi connectivity index (χ1n) is 5.34. The molecule has 6 heteroatoms. The van der Waals surface area contributed by atoms with Gasteiger partial charge in [-0.25, -0.2) is 4.98 Å². The molecule has 1 atom stereocenters. The van der Waals surface area contributed by atoms with Gasteiger partial charge in [0.1, 0.15) is 0 Å². The molecule has 1 aromatic heterocycles. The minimum Gasteiger partial charge on any atom is -0.324 e. The zero-order chi connectivity index (χ0) is 13.1. The molecule has 18 heavy (non-hydrogen) atoms. The molecule has 0 amide bonds. The maximum atomic E-state index is 11.2. The summed E-state index contributed by atoms with van der Waals surface area (Å²) in [7, 11) is 0. The molecule has 0 fully saturated rings. The number of nitrogens with zero attached hydrogens (tertiary/aromatic N) is 1. The second-order valence-electron chi connectivity index (χ2n) is 3.81. The lowest BCUT2D eigenvalue weighted by atomic mass is 10.1. The Morgan fingerprint density at radius 3 is 2.83 bits per heavy atom. The van der Waals surface area contributed by atoms with E-state index in [0.717, 1.165) is 14.9 Å². The Kier molecular flexibility index (Phi) is 4.21. The standard InChI is InChI=1S/C12H12BrN3OS/c1-7(14)9-3-2-8(6-10(9)13)18-12-15-5-4-11(17)16-12/h2-7H,14H2,1H3,(H,15,16,17)/t7-/m0/s1. The van der Waals surface area contributed by atoms with E-state index in [2.05, 4.69) is 25.9 Å². The Balaban J connectivity index is 2.25. The van der Waals surface area contributed by atoms with E-state index >= 15 is 0 Å². The molecule has 4 nitrogen and oxygen atoms in total. The molecule has 2 aromatic rings. The lowest BCUT2D eigenvalue weighted by molar-refractivity contribution is 0.811. The zero-order valence-corrected chi connectivity index (χ0v) is 12.1. The van der Waals surface area contributed by atoms with E-state index in [0.29, 0.717) is 5.16 Å². The van der Waals surface area contributed by atoms with Crippen molar-refractivity contribution in [3.8, 4) is 0 Å². The number of rotatable bonds is 3. The normalized spacial score (nSPS) is 12.4. The Morgan fingerprint density at radius 2 is 2.22 bits per heavy atom. The van der Waals surface area contributed by atoms with Crippen molar-refractivity contribution in [1.29, 1.82) is 0 Å². The highest BCUT2D eigenvalue weighted by molar-refractivity contribution is 9.10. The van der Waals surface area contributed by atoms with Gasteiger partial charge in [-0.1, -0.05) is 33.8 Å². The van der Waals surface area contributed by atoms with Crippen LogP contribution in [0.1, 0.15) is 18.5 Å². The fourth-order valence-corrected chi connectivity index (χ4v) is 3.15. The molecule has 1 aromatic carbocycles. The number of nitrogens with one attached hydrogen (secondary N) is 1. The number of nitrogens with two attached hydrogens (primary N) is 1. The predicted molar refractivity (Wildman–Crippen MR) is 75.7 cm³/mol. The molecule has 0 radical (unpaired) electrons. The van der Waals surface area contributed by atoms with Crippen LogP contribution in [0.4, 0.5) is 0 Å². The molecule has 94 valence electrons. The first-order chi connectivity index (χ1) is 8.56. The van der Waals surface area contributed by atoms with Gasteiger partial charge < -0.3 is 10.7 Å². The van der Waals surface area contributed by atoms with E-state index in [1.807, 2.05) is 25.1 Å². The molecule has 0 aliphatic heterocycles. The van der Waals surface area contributed by atoms with Gasteiger partial charge in [-0.05, 0) is 24.6 Å². The van der Waals surface area contributed by atoms with Crippen LogP contribution in [0.3, 0.4) is 0 Å². The van der Waals surface area contributed by atoms with E-state index in [-0.39, 0.29) is 11.6 Å². The van der Waals surface area contributed by atoms with Crippen molar-refractivity contribution in [3.05, 3.63) is 50.9 Å². The second-order valence-corrected chi connectivity index (χ2v) is 5.73. The smallest absolute Gasteiger partial charge is 0.251 e. The third-order valence-corrected chi connectivity index (χ3v) is 3.90. The van der Waals surface area contributed by atoms with Crippen LogP contribution in [0.2, 0.25) is 0 Å². The van der Waals surface area contributed by atoms with Gasteiger partial charge in [-0.2, -0.15) is 0 Å². The number of benzene rings is 1. The molecule has 2 rings (SSSR count). The van der Waals surface area contributed by atoms with Crippen LogP contribution in [0, 0.1) is 0 Å². The van der Waals surface area contributed by atoms with E-state index in [1.165, 1.54) is 24.0 Å². The maximum absolute atomic E-state index is 11.2. The third-order valence-electron chi connectivity index (χ3n) is 2.32. The van der Waals surface area contributed by atoms with Crippen LogP contribution < -0.4 is 11.3 Å². The molecular formula is C12H12BrN3OS. The molecule has 0 bridgehead atoms. The van der Waals surface area contributed by atoms with Gasteiger partial charge >= 0.3 is 0 Å². The zero-order valence-electron chi connectivity index (χ0n) is 9.68. The van der Waals surface area contributed by atoms with Crippen LogP contribution >= 0.6 is 27.7 Å². The Morgan fingerprint density at radius 1 is 1.44 bits per heavy atom. The van der Waals surface area contributed by atoms with Crippen molar-refractivity contribution in [3.63, 3.8) is 0 Å². The number of halogens is 1. The van der Waals surface area contributed by atoms with Gasteiger partial charge in [0.15, 0.2) is 5.16 Å². The summed E-state index contributed by atoms with van der Waals surface area (Å²) < 4.78 is 0.959. The number of hydrogen-bond acceptors (Lipinski definition) is 4. The summed E-state index contributed by atoms with van der Waals surface area (Å²) in [5, 5.41) is 0.572. The van der Waals surface area contributed by atoms with Crippen LogP contribution in [-0.4, -0.2) is 9.97 Å². The molecular weight excluding hydrogens is 314 g/mol. The fourth-order valence-electron chi connectivity index (χ4n) is 1.46. The van der Waals surface area contributed by atoms with Crippen molar-refractivity contribution in [2.24, 2.45) is 5.73 Å². The minimum atomic E-state index is -0.154. The highest BCUT2D eigenvalue weighted by Crippen LogP contribution is 2.30. The number of aromatic nitrogens is 2. The summed E-state index contributed by atoms with van der Waals surface area (Å²) in [6.45, 7) is 1.93. The minimum absolute atomic E-state index is 0.0203. The first-order valence-corrected chi connectivity index (χ1v) is 6.95. The fraction of sp³-hybridized carbons (Fsp3) is 0.167. The average molecular weight is 326 g/mol. The van der Waals surface area contributed by atoms with Gasteiger partial charge in [0, 0.05) is 27.7 Å². The SMILES string of the molecule is C[C@H](N)c1ccc(Sc2nccc(=O)[nH]2)cc1Br. The second kappa shape index (κ2) is 5.69. The number of H-pyrrole nitrogens is 1. The van der Waals surface area contributed by atoms with Crippen molar-refractivity contribution in [1.82, 2.24) is 9.97 Å². The quantitative estimate of drug-likeness (QED) is 0.851. The first kappa shape index (κ1) is 13.3.